The van der Waals surface area contributed by atoms with Crippen LogP contribution in [0.4, 0.5) is 62.3 Å². The van der Waals surface area contributed by atoms with Crippen LogP contribution in [0, 0.1) is 20.2 Å². The molecule has 0 atom stereocenters. The molecule has 7 nitrogen and oxygen atoms in total. The highest BCUT2D eigenvalue weighted by Gasteiger charge is 2.45. The first-order chi connectivity index (χ1) is 14.8. The molecule has 0 amide bonds. The summed E-state index contributed by atoms with van der Waals surface area (Å²) in [5, 5.41) is 19.9. The molecule has 0 aromatic heterocycles. The second kappa shape index (κ2) is 8.40. The Morgan fingerprint density at radius 1 is 0.727 bits per heavy atom. The summed E-state index contributed by atoms with van der Waals surface area (Å²) in [6.45, 7) is 0. The molecule has 0 radical (unpaired) electrons. The van der Waals surface area contributed by atoms with E-state index in [4.69, 9.17) is 23.2 Å². The van der Waals surface area contributed by atoms with Gasteiger partial charge in [-0.3, -0.25) is 20.2 Å². The third-order valence-corrected chi connectivity index (χ3v) is 4.65. The third-order valence-electron chi connectivity index (χ3n) is 3.86. The van der Waals surface area contributed by atoms with E-state index in [-0.39, 0.29) is 18.2 Å². The van der Waals surface area contributed by atoms with Gasteiger partial charge in [-0.2, -0.15) is 39.5 Å². The van der Waals surface area contributed by atoms with Gasteiger partial charge in [0.15, 0.2) is 0 Å². The minimum atomic E-state index is -5.62. The number of benzene rings is 2. The van der Waals surface area contributed by atoms with E-state index in [2.05, 4.69) is 0 Å². The van der Waals surface area contributed by atoms with E-state index in [0.717, 1.165) is 0 Å². The number of halogens is 11. The lowest BCUT2D eigenvalue weighted by Gasteiger charge is -2.21. The van der Waals surface area contributed by atoms with Gasteiger partial charge in [0.05, 0.1) is 48.3 Å². The average Bonchev–Trinajstić information content (AvgIpc) is 2.60. The highest BCUT2D eigenvalue weighted by Crippen LogP contribution is 2.50. The van der Waals surface area contributed by atoms with Gasteiger partial charge in [0.2, 0.25) is 0 Å². The molecule has 0 spiro atoms. The van der Waals surface area contributed by atoms with E-state index in [1.165, 1.54) is 5.32 Å². The number of nitro benzene ring substituents is 2. The summed E-state index contributed by atoms with van der Waals surface area (Å²) < 4.78 is 120. The van der Waals surface area contributed by atoms with Gasteiger partial charge in [-0.05, 0) is 6.07 Å². The van der Waals surface area contributed by atoms with Crippen LogP contribution in [-0.4, -0.2) is 9.85 Å². The molecule has 0 aliphatic heterocycles. The van der Waals surface area contributed by atoms with Crippen molar-refractivity contribution in [3.05, 3.63) is 65.2 Å². The Hall–Kier alpha value is -3.01. The van der Waals surface area contributed by atoms with Crippen LogP contribution >= 0.6 is 23.2 Å². The van der Waals surface area contributed by atoms with Crippen molar-refractivity contribution >= 4 is 46.0 Å². The van der Waals surface area contributed by atoms with Gasteiger partial charge in [0.25, 0.3) is 11.4 Å². The molecule has 2 aromatic rings. The first-order valence-electron chi connectivity index (χ1n) is 7.74. The molecule has 0 aliphatic carbocycles. The van der Waals surface area contributed by atoms with Crippen molar-refractivity contribution in [2.24, 2.45) is 0 Å². The fraction of sp³-hybridized carbons (Fsp3) is 0.200. The van der Waals surface area contributed by atoms with Crippen molar-refractivity contribution in [2.75, 3.05) is 5.32 Å². The van der Waals surface area contributed by atoms with Crippen LogP contribution in [0.3, 0.4) is 0 Å². The van der Waals surface area contributed by atoms with E-state index in [9.17, 15) is 59.7 Å². The number of anilines is 2. The molecule has 1 N–H and O–H groups in total. The van der Waals surface area contributed by atoms with Crippen LogP contribution in [-0.2, 0) is 18.5 Å². The van der Waals surface area contributed by atoms with Crippen LogP contribution in [0.5, 0.6) is 0 Å². The van der Waals surface area contributed by atoms with Gasteiger partial charge < -0.3 is 5.32 Å². The van der Waals surface area contributed by atoms with Gasteiger partial charge in [-0.15, -0.1) is 0 Å². The maximum atomic E-state index is 13.4. The van der Waals surface area contributed by atoms with Crippen molar-refractivity contribution in [3.63, 3.8) is 0 Å². The maximum absolute atomic E-state index is 13.4. The number of hydrogen-bond acceptors (Lipinski definition) is 5. The maximum Gasteiger partial charge on any atom is 0.419 e. The van der Waals surface area contributed by atoms with Crippen molar-refractivity contribution < 1.29 is 49.4 Å². The molecule has 0 saturated carbocycles. The lowest BCUT2D eigenvalue weighted by Crippen LogP contribution is -2.16. The molecule has 0 heterocycles. The van der Waals surface area contributed by atoms with Crippen molar-refractivity contribution in [2.45, 2.75) is 18.5 Å². The van der Waals surface area contributed by atoms with Crippen molar-refractivity contribution in [3.8, 4) is 0 Å². The van der Waals surface area contributed by atoms with Crippen molar-refractivity contribution in [1.29, 1.82) is 0 Å². The zero-order valence-electron chi connectivity index (χ0n) is 14.9. The Morgan fingerprint density at radius 3 is 1.64 bits per heavy atom. The lowest BCUT2D eigenvalue weighted by molar-refractivity contribution is -0.394. The predicted molar refractivity (Wildman–Crippen MR) is 94.5 cm³/mol. The van der Waals surface area contributed by atoms with Crippen LogP contribution in [0.15, 0.2) is 18.2 Å². The molecule has 0 bridgehead atoms. The van der Waals surface area contributed by atoms with Gasteiger partial charge >= 0.3 is 18.5 Å². The topological polar surface area (TPSA) is 98.3 Å². The normalized spacial score (nSPS) is 12.6. The fourth-order valence-electron chi connectivity index (χ4n) is 2.53. The second-order valence-electron chi connectivity index (χ2n) is 5.99. The second-order valence-corrected chi connectivity index (χ2v) is 6.75. The molecule has 180 valence electrons. The quantitative estimate of drug-likeness (QED) is 0.248. The number of nitro groups is 2. The van der Waals surface area contributed by atoms with E-state index >= 15 is 0 Å². The van der Waals surface area contributed by atoms with Gasteiger partial charge in [0.1, 0.15) is 5.69 Å². The first-order valence-corrected chi connectivity index (χ1v) is 8.49. The Labute approximate surface area is 185 Å². The Kier molecular flexibility index (Phi) is 6.68. The van der Waals surface area contributed by atoms with E-state index < -0.39 is 77.9 Å². The van der Waals surface area contributed by atoms with E-state index in [1.54, 1.807) is 0 Å². The highest BCUT2D eigenvalue weighted by atomic mass is 35.5. The van der Waals surface area contributed by atoms with E-state index in [1.807, 2.05) is 0 Å². The monoisotopic (exact) mass is 531 g/mol. The molecule has 18 heteroatoms. The summed E-state index contributed by atoms with van der Waals surface area (Å²) in [5.41, 5.74) is -12.8. The standard InChI is InChI=1S/C15H4Cl2F9N3O4/c16-10-5(13(18,19)20)3-7(11(17)9(10)15(24,25)26)27-12-6(14(21,22)23)1-4(28(30)31)2-8(12)29(32)33/h1-3,27H. The van der Waals surface area contributed by atoms with Crippen LogP contribution < -0.4 is 5.32 Å². The van der Waals surface area contributed by atoms with Gasteiger partial charge in [0, 0.05) is 6.07 Å². The van der Waals surface area contributed by atoms with Crippen LogP contribution in [0.1, 0.15) is 16.7 Å². The predicted octanol–water partition coefficient (Wildman–Crippen LogP) is 7.61. The minimum absolute atomic E-state index is 0.0245. The molecule has 0 saturated heterocycles. The van der Waals surface area contributed by atoms with Gasteiger partial charge in [-0.1, -0.05) is 23.2 Å². The molecule has 2 rings (SSSR count). The molecule has 0 unspecified atom stereocenters. The summed E-state index contributed by atoms with van der Waals surface area (Å²) >= 11 is 10.6. The molecular weight excluding hydrogens is 528 g/mol. The molecule has 0 fully saturated rings. The Bertz CT molecular complexity index is 1150. The largest absolute Gasteiger partial charge is 0.419 e. The Balaban J connectivity index is 2.96. The smallest absolute Gasteiger partial charge is 0.348 e. The fourth-order valence-corrected chi connectivity index (χ4v) is 3.25. The molecule has 0 aliphatic rings. The average molecular weight is 532 g/mol. The molecular formula is C15H4Cl2F9N3O4. The van der Waals surface area contributed by atoms with E-state index in [0.29, 0.717) is 0 Å². The number of nitrogens with one attached hydrogen (secondary N) is 1. The SMILES string of the molecule is O=[N+]([O-])c1cc([N+](=O)[O-])c(Nc2cc(C(F)(F)F)c(Cl)c(C(F)(F)F)c2Cl)c(C(F)(F)F)c1. The summed E-state index contributed by atoms with van der Waals surface area (Å²) in [6, 6.07) is -0.365. The molecule has 33 heavy (non-hydrogen) atoms. The zero-order chi connectivity index (χ0) is 25.7. The Morgan fingerprint density at radius 2 is 1.24 bits per heavy atom. The zero-order valence-corrected chi connectivity index (χ0v) is 16.4. The summed E-state index contributed by atoms with van der Waals surface area (Å²) in [7, 11) is 0. The highest BCUT2D eigenvalue weighted by molar-refractivity contribution is 6.38. The first kappa shape index (κ1) is 26.2. The lowest BCUT2D eigenvalue weighted by atomic mass is 10.1. The number of nitrogens with zero attached hydrogens (tertiary/aromatic N) is 2. The van der Waals surface area contributed by atoms with Crippen molar-refractivity contribution in [1.82, 2.24) is 0 Å². The van der Waals surface area contributed by atoms with Crippen LogP contribution in [0.25, 0.3) is 0 Å². The van der Waals surface area contributed by atoms with Gasteiger partial charge in [-0.25, -0.2) is 0 Å². The number of hydrogen-bond donors (Lipinski definition) is 1. The molecule has 2 aromatic carbocycles. The third kappa shape index (κ3) is 5.32. The summed E-state index contributed by atoms with van der Waals surface area (Å²) in [6.07, 6.45) is -16.7. The van der Waals surface area contributed by atoms with Crippen LogP contribution in [0.2, 0.25) is 10.0 Å². The number of rotatable bonds is 4. The summed E-state index contributed by atoms with van der Waals surface area (Å²) in [4.78, 5) is 19.1. The summed E-state index contributed by atoms with van der Waals surface area (Å²) in [5.74, 6) is 0. The number of non-ortho nitro benzene ring substituents is 1. The number of alkyl halides is 9. The minimum Gasteiger partial charge on any atom is -0.348 e.